The molecule has 0 amide bonds. The van der Waals surface area contributed by atoms with Gasteiger partial charge in [-0.2, -0.15) is 0 Å². The summed E-state index contributed by atoms with van der Waals surface area (Å²) in [5.41, 5.74) is 7.33. The smallest absolute Gasteiger partial charge is 0.201 e. The molecule has 3 rings (SSSR count). The Bertz CT molecular complexity index is 608. The summed E-state index contributed by atoms with van der Waals surface area (Å²) in [4.78, 5) is 4.20. The first kappa shape index (κ1) is 11.3. The van der Waals surface area contributed by atoms with Gasteiger partial charge in [-0.1, -0.05) is 6.92 Å². The van der Waals surface area contributed by atoms with Crippen LogP contribution in [-0.2, 0) is 6.54 Å². The van der Waals surface area contributed by atoms with Crippen molar-refractivity contribution in [2.75, 3.05) is 12.8 Å². The first-order chi connectivity index (χ1) is 8.60. The minimum absolute atomic E-state index is 0.229. The van der Waals surface area contributed by atoms with Crippen molar-refractivity contribution in [2.24, 2.45) is 11.8 Å². The zero-order valence-corrected chi connectivity index (χ0v) is 10.5. The lowest BCUT2D eigenvalue weighted by Crippen LogP contribution is -2.05. The number of nitrogen functional groups attached to an aromatic ring is 1. The highest BCUT2D eigenvalue weighted by molar-refractivity contribution is 5.80. The van der Waals surface area contributed by atoms with Gasteiger partial charge in [-0.15, -0.1) is 0 Å². The van der Waals surface area contributed by atoms with E-state index in [1.165, 1.54) is 19.6 Å². The molecule has 0 saturated heterocycles. The van der Waals surface area contributed by atoms with Crippen molar-refractivity contribution in [3.63, 3.8) is 0 Å². The molecule has 2 N–H and O–H groups in total. The molecule has 5 heteroatoms. The number of aromatic nitrogens is 2. The van der Waals surface area contributed by atoms with Crippen LogP contribution in [0.25, 0.3) is 11.0 Å². The van der Waals surface area contributed by atoms with Crippen LogP contribution in [0.3, 0.4) is 0 Å². The van der Waals surface area contributed by atoms with Crippen molar-refractivity contribution in [3.05, 3.63) is 17.9 Å². The molecule has 1 fully saturated rings. The number of benzene rings is 1. The van der Waals surface area contributed by atoms with Gasteiger partial charge in [-0.25, -0.2) is 9.37 Å². The molecule has 96 valence electrons. The molecule has 1 aromatic carbocycles. The summed E-state index contributed by atoms with van der Waals surface area (Å²) in [6, 6.07) is 3.04. The molecule has 18 heavy (non-hydrogen) atoms. The van der Waals surface area contributed by atoms with E-state index in [1.54, 1.807) is 6.07 Å². The zero-order chi connectivity index (χ0) is 12.9. The largest absolute Gasteiger partial charge is 0.494 e. The van der Waals surface area contributed by atoms with Crippen LogP contribution in [0.4, 0.5) is 10.3 Å². The van der Waals surface area contributed by atoms with Crippen molar-refractivity contribution in [1.82, 2.24) is 9.55 Å². The molecule has 1 heterocycles. The monoisotopic (exact) mass is 249 g/mol. The summed E-state index contributed by atoms with van der Waals surface area (Å²) in [5, 5.41) is 0. The lowest BCUT2D eigenvalue weighted by atomic mass is 10.2. The maximum Gasteiger partial charge on any atom is 0.201 e. The average molecular weight is 249 g/mol. The minimum atomic E-state index is -0.408. The summed E-state index contributed by atoms with van der Waals surface area (Å²) < 4.78 is 20.5. The second-order valence-electron chi connectivity index (χ2n) is 5.03. The van der Waals surface area contributed by atoms with Gasteiger partial charge in [0.05, 0.1) is 18.1 Å². The third-order valence-electron chi connectivity index (χ3n) is 3.74. The number of methoxy groups -OCH3 is 1. The van der Waals surface area contributed by atoms with Crippen LogP contribution in [0.2, 0.25) is 0 Å². The van der Waals surface area contributed by atoms with Crippen LogP contribution in [0.1, 0.15) is 13.3 Å². The average Bonchev–Trinajstić information content (AvgIpc) is 2.94. The van der Waals surface area contributed by atoms with E-state index < -0.39 is 5.82 Å². The number of hydrogen-bond acceptors (Lipinski definition) is 3. The quantitative estimate of drug-likeness (QED) is 0.908. The highest BCUT2D eigenvalue weighted by Crippen LogP contribution is 2.40. The molecule has 1 aliphatic rings. The molecule has 2 unspecified atom stereocenters. The summed E-state index contributed by atoms with van der Waals surface area (Å²) in [5.74, 6) is 1.66. The Morgan fingerprint density at radius 2 is 2.28 bits per heavy atom. The minimum Gasteiger partial charge on any atom is -0.494 e. The number of fused-ring (bicyclic) bond motifs is 1. The van der Waals surface area contributed by atoms with Gasteiger partial charge >= 0.3 is 0 Å². The van der Waals surface area contributed by atoms with E-state index in [0.29, 0.717) is 17.4 Å². The first-order valence-corrected chi connectivity index (χ1v) is 6.09. The molecule has 4 nitrogen and oxygen atoms in total. The van der Waals surface area contributed by atoms with Gasteiger partial charge in [0, 0.05) is 18.7 Å². The van der Waals surface area contributed by atoms with E-state index in [9.17, 15) is 4.39 Å². The predicted molar refractivity (Wildman–Crippen MR) is 67.9 cm³/mol. The standard InChI is InChI=1S/C13H16FN3O/c1-7-3-8(7)6-17-11-5-12(18-2)9(14)4-10(11)16-13(17)15/h4-5,7-8H,3,6H2,1-2H3,(H2,15,16). The summed E-state index contributed by atoms with van der Waals surface area (Å²) in [6.45, 7) is 3.07. The third-order valence-corrected chi connectivity index (χ3v) is 3.74. The predicted octanol–water partition coefficient (Wildman–Crippen LogP) is 2.42. The number of rotatable bonds is 3. The van der Waals surface area contributed by atoms with Crippen LogP contribution >= 0.6 is 0 Å². The van der Waals surface area contributed by atoms with E-state index >= 15 is 0 Å². The van der Waals surface area contributed by atoms with Crippen LogP contribution < -0.4 is 10.5 Å². The lowest BCUT2D eigenvalue weighted by Gasteiger charge is -2.07. The van der Waals surface area contributed by atoms with E-state index in [2.05, 4.69) is 11.9 Å². The van der Waals surface area contributed by atoms with Gasteiger partial charge in [0.15, 0.2) is 11.6 Å². The second kappa shape index (κ2) is 3.86. The number of halogens is 1. The van der Waals surface area contributed by atoms with Crippen molar-refractivity contribution in [1.29, 1.82) is 0 Å². The van der Waals surface area contributed by atoms with Gasteiger partial charge in [0.25, 0.3) is 0 Å². The van der Waals surface area contributed by atoms with E-state index in [1.807, 2.05) is 4.57 Å². The molecule has 0 bridgehead atoms. The number of nitrogens with zero attached hydrogens (tertiary/aromatic N) is 2. The normalized spacial score (nSPS) is 22.4. The summed E-state index contributed by atoms with van der Waals surface area (Å²) in [6.07, 6.45) is 1.22. The molecule has 1 saturated carbocycles. The Labute approximate surface area is 105 Å². The zero-order valence-electron chi connectivity index (χ0n) is 10.5. The maximum absolute atomic E-state index is 13.6. The van der Waals surface area contributed by atoms with E-state index in [0.717, 1.165) is 18.0 Å². The Hall–Kier alpha value is -1.78. The van der Waals surface area contributed by atoms with E-state index in [-0.39, 0.29) is 5.75 Å². The summed E-state index contributed by atoms with van der Waals surface area (Å²) in [7, 11) is 1.46. The molecule has 2 aromatic rings. The van der Waals surface area contributed by atoms with Gasteiger partial charge in [0.1, 0.15) is 0 Å². The van der Waals surface area contributed by atoms with Gasteiger partial charge < -0.3 is 15.0 Å². The molecule has 2 atom stereocenters. The number of hydrogen-bond donors (Lipinski definition) is 1. The molecular formula is C13H16FN3O. The van der Waals surface area contributed by atoms with Gasteiger partial charge in [-0.05, 0) is 18.3 Å². The van der Waals surface area contributed by atoms with E-state index in [4.69, 9.17) is 10.5 Å². The molecule has 1 aromatic heterocycles. The van der Waals surface area contributed by atoms with Gasteiger partial charge in [-0.3, -0.25) is 0 Å². The molecular weight excluding hydrogens is 233 g/mol. The number of ether oxygens (including phenoxy) is 1. The van der Waals surface area contributed by atoms with Crippen molar-refractivity contribution in [3.8, 4) is 5.75 Å². The fourth-order valence-electron chi connectivity index (χ4n) is 2.38. The third kappa shape index (κ3) is 1.70. The van der Waals surface area contributed by atoms with Crippen LogP contribution in [0, 0.1) is 17.7 Å². The molecule has 0 radical (unpaired) electrons. The van der Waals surface area contributed by atoms with Crippen molar-refractivity contribution < 1.29 is 9.13 Å². The Balaban J connectivity index is 2.08. The lowest BCUT2D eigenvalue weighted by molar-refractivity contribution is 0.387. The second-order valence-corrected chi connectivity index (χ2v) is 5.03. The molecule has 1 aliphatic carbocycles. The Morgan fingerprint density at radius 1 is 1.56 bits per heavy atom. The molecule has 0 aliphatic heterocycles. The molecule has 0 spiro atoms. The maximum atomic E-state index is 13.6. The van der Waals surface area contributed by atoms with Crippen LogP contribution in [-0.4, -0.2) is 16.7 Å². The summed E-state index contributed by atoms with van der Waals surface area (Å²) >= 11 is 0. The highest BCUT2D eigenvalue weighted by Gasteiger charge is 2.33. The van der Waals surface area contributed by atoms with Crippen molar-refractivity contribution in [2.45, 2.75) is 19.9 Å². The van der Waals surface area contributed by atoms with Gasteiger partial charge in [0.2, 0.25) is 5.95 Å². The first-order valence-electron chi connectivity index (χ1n) is 6.09. The highest BCUT2D eigenvalue weighted by atomic mass is 19.1. The number of anilines is 1. The Kier molecular flexibility index (Phi) is 2.43. The SMILES string of the molecule is COc1cc2c(cc1F)nc(N)n2CC1CC1C. The fraction of sp³-hybridized carbons (Fsp3) is 0.462. The number of imidazole rings is 1. The topological polar surface area (TPSA) is 53.1 Å². The fourth-order valence-corrected chi connectivity index (χ4v) is 2.38. The van der Waals surface area contributed by atoms with Crippen LogP contribution in [0.15, 0.2) is 12.1 Å². The number of nitrogens with two attached hydrogens (primary N) is 1. The Morgan fingerprint density at radius 3 is 2.89 bits per heavy atom. The van der Waals surface area contributed by atoms with Crippen molar-refractivity contribution >= 4 is 17.0 Å². The van der Waals surface area contributed by atoms with Crippen LogP contribution in [0.5, 0.6) is 5.75 Å².